The number of nitrogens with zero attached hydrogens (tertiary/aromatic N) is 1. The lowest BCUT2D eigenvalue weighted by Crippen LogP contribution is -2.41. The van der Waals surface area contributed by atoms with E-state index in [1.54, 1.807) is 19.9 Å². The highest BCUT2D eigenvalue weighted by Gasteiger charge is 2.34. The maximum Gasteiger partial charge on any atom is 0.254 e. The van der Waals surface area contributed by atoms with Crippen LogP contribution in [0.2, 0.25) is 0 Å². The van der Waals surface area contributed by atoms with Gasteiger partial charge < -0.3 is 4.90 Å². The average Bonchev–Trinajstić information content (AvgIpc) is 2.78. The van der Waals surface area contributed by atoms with Gasteiger partial charge in [0.15, 0.2) is 9.84 Å². The first-order valence-corrected chi connectivity index (χ1v) is 10.6. The number of sulfonamides is 1. The largest absolute Gasteiger partial charge is 0.335 e. The Morgan fingerprint density at radius 3 is 2.48 bits per heavy atom. The second kappa shape index (κ2) is 6.21. The normalized spacial score (nSPS) is 20.4. The summed E-state index contributed by atoms with van der Waals surface area (Å²) in [5, 5.41) is 5.13. The first-order valence-electron chi connectivity index (χ1n) is 7.19. The predicted molar refractivity (Wildman–Crippen MR) is 86.3 cm³/mol. The highest BCUT2D eigenvalue weighted by molar-refractivity contribution is 7.91. The van der Waals surface area contributed by atoms with E-state index >= 15 is 0 Å². The van der Waals surface area contributed by atoms with Crippen LogP contribution in [0.5, 0.6) is 0 Å². The Morgan fingerprint density at radius 1 is 1.35 bits per heavy atom. The summed E-state index contributed by atoms with van der Waals surface area (Å²) in [7, 11) is -7.03. The number of aryl methyl sites for hydroxylation is 1. The van der Waals surface area contributed by atoms with Crippen LogP contribution in [0, 0.1) is 6.92 Å². The molecule has 1 amide bonds. The summed E-state index contributed by atoms with van der Waals surface area (Å²) in [5.41, 5.74) is 0.787. The van der Waals surface area contributed by atoms with Crippen molar-refractivity contribution in [2.75, 3.05) is 18.1 Å². The minimum Gasteiger partial charge on any atom is -0.335 e. The van der Waals surface area contributed by atoms with Crippen molar-refractivity contribution in [3.63, 3.8) is 0 Å². The van der Waals surface area contributed by atoms with Crippen LogP contribution in [0.15, 0.2) is 23.1 Å². The van der Waals surface area contributed by atoms with Crippen molar-refractivity contribution in [1.82, 2.24) is 4.90 Å². The van der Waals surface area contributed by atoms with E-state index < -0.39 is 19.9 Å². The zero-order valence-electron chi connectivity index (χ0n) is 13.0. The van der Waals surface area contributed by atoms with Crippen LogP contribution < -0.4 is 5.14 Å². The SMILES string of the molecule is CCN(C(=O)c1cc(C)cc(S(N)(=O)=O)c1)C1CCS(=O)(=O)C1. The Kier molecular flexibility index (Phi) is 4.84. The van der Waals surface area contributed by atoms with Crippen LogP contribution in [0.25, 0.3) is 0 Å². The van der Waals surface area contributed by atoms with Gasteiger partial charge in [-0.05, 0) is 44.0 Å². The molecule has 1 saturated heterocycles. The van der Waals surface area contributed by atoms with Crippen LogP contribution in [-0.2, 0) is 19.9 Å². The van der Waals surface area contributed by atoms with E-state index in [0.29, 0.717) is 18.5 Å². The zero-order chi connectivity index (χ0) is 17.4. The van der Waals surface area contributed by atoms with E-state index in [1.807, 2.05) is 0 Å². The molecular formula is C14H20N2O5S2. The monoisotopic (exact) mass is 360 g/mol. The molecule has 1 fully saturated rings. The quantitative estimate of drug-likeness (QED) is 0.829. The van der Waals surface area contributed by atoms with Gasteiger partial charge in [0.05, 0.1) is 16.4 Å². The molecule has 1 unspecified atom stereocenters. The van der Waals surface area contributed by atoms with Gasteiger partial charge in [-0.3, -0.25) is 4.79 Å². The smallest absolute Gasteiger partial charge is 0.254 e. The number of carbonyl (C=O) groups excluding carboxylic acids is 1. The molecule has 2 rings (SSSR count). The van der Waals surface area contributed by atoms with E-state index in [4.69, 9.17) is 5.14 Å². The highest BCUT2D eigenvalue weighted by atomic mass is 32.2. The van der Waals surface area contributed by atoms with E-state index in [9.17, 15) is 21.6 Å². The molecule has 0 aliphatic carbocycles. The maximum atomic E-state index is 12.7. The van der Waals surface area contributed by atoms with Gasteiger partial charge in [-0.25, -0.2) is 22.0 Å². The number of nitrogens with two attached hydrogens (primary N) is 1. The van der Waals surface area contributed by atoms with Crippen molar-refractivity contribution in [1.29, 1.82) is 0 Å². The summed E-state index contributed by atoms with van der Waals surface area (Å²) in [6, 6.07) is 3.82. The Bertz CT molecular complexity index is 831. The molecule has 1 atom stereocenters. The van der Waals surface area contributed by atoms with Crippen LogP contribution in [0.1, 0.15) is 29.3 Å². The summed E-state index contributed by atoms with van der Waals surface area (Å²) in [6.45, 7) is 3.78. The molecular weight excluding hydrogens is 340 g/mol. The summed E-state index contributed by atoms with van der Waals surface area (Å²) >= 11 is 0. The molecule has 128 valence electrons. The van der Waals surface area contributed by atoms with Crippen molar-refractivity contribution in [3.05, 3.63) is 29.3 Å². The number of primary sulfonamides is 1. The summed E-state index contributed by atoms with van der Waals surface area (Å²) < 4.78 is 46.3. The fourth-order valence-electron chi connectivity index (χ4n) is 2.79. The lowest BCUT2D eigenvalue weighted by Gasteiger charge is -2.27. The van der Waals surface area contributed by atoms with E-state index in [-0.39, 0.29) is 33.9 Å². The molecule has 0 radical (unpaired) electrons. The number of carbonyl (C=O) groups is 1. The van der Waals surface area contributed by atoms with Gasteiger partial charge in [-0.1, -0.05) is 0 Å². The second-order valence-corrected chi connectivity index (χ2v) is 9.52. The van der Waals surface area contributed by atoms with Gasteiger partial charge >= 0.3 is 0 Å². The first kappa shape index (κ1) is 17.9. The standard InChI is InChI=1S/C14H20N2O5S2/c1-3-16(12-4-5-22(18,19)9-12)14(17)11-6-10(2)7-13(8-11)23(15,20)21/h6-8,12H,3-5,9H2,1-2H3,(H2,15,20,21). The summed E-state index contributed by atoms with van der Waals surface area (Å²) in [6.07, 6.45) is 0.399. The first-order chi connectivity index (χ1) is 10.5. The van der Waals surface area contributed by atoms with Crippen molar-refractivity contribution in [2.24, 2.45) is 5.14 Å². The minimum absolute atomic E-state index is 0.0551. The van der Waals surface area contributed by atoms with Crippen molar-refractivity contribution >= 4 is 25.8 Å². The van der Waals surface area contributed by atoms with Gasteiger partial charge in [0.1, 0.15) is 0 Å². The molecule has 1 heterocycles. The molecule has 1 aliphatic rings. The number of hydrogen-bond donors (Lipinski definition) is 1. The number of hydrogen-bond acceptors (Lipinski definition) is 5. The third-order valence-electron chi connectivity index (χ3n) is 3.88. The lowest BCUT2D eigenvalue weighted by atomic mass is 10.1. The molecule has 7 nitrogen and oxygen atoms in total. The fourth-order valence-corrected chi connectivity index (χ4v) is 5.16. The molecule has 9 heteroatoms. The molecule has 0 aromatic heterocycles. The van der Waals surface area contributed by atoms with Gasteiger partial charge in [0, 0.05) is 18.2 Å². The molecule has 23 heavy (non-hydrogen) atoms. The number of sulfone groups is 1. The van der Waals surface area contributed by atoms with Crippen LogP contribution in [0.3, 0.4) is 0 Å². The van der Waals surface area contributed by atoms with Crippen LogP contribution in [-0.4, -0.2) is 51.7 Å². The van der Waals surface area contributed by atoms with Crippen LogP contribution >= 0.6 is 0 Å². The Balaban J connectivity index is 2.37. The zero-order valence-corrected chi connectivity index (χ0v) is 14.7. The maximum absolute atomic E-state index is 12.7. The molecule has 1 aromatic rings. The predicted octanol–water partition coefficient (Wildman–Crippen LogP) is 0.292. The molecule has 1 aromatic carbocycles. The Morgan fingerprint density at radius 2 is 2.00 bits per heavy atom. The number of amides is 1. The number of benzene rings is 1. The highest BCUT2D eigenvalue weighted by Crippen LogP contribution is 2.21. The Hall–Kier alpha value is -1.45. The third kappa shape index (κ3) is 4.10. The second-order valence-electron chi connectivity index (χ2n) is 5.73. The van der Waals surface area contributed by atoms with E-state index in [0.717, 1.165) is 0 Å². The topological polar surface area (TPSA) is 115 Å². The molecule has 1 aliphatic heterocycles. The van der Waals surface area contributed by atoms with Crippen molar-refractivity contribution < 1.29 is 21.6 Å². The van der Waals surface area contributed by atoms with Crippen LogP contribution in [0.4, 0.5) is 0 Å². The van der Waals surface area contributed by atoms with E-state index in [2.05, 4.69) is 0 Å². The summed E-state index contributed by atoms with van der Waals surface area (Å²) in [5.74, 6) is -0.374. The molecule has 0 saturated carbocycles. The van der Waals surface area contributed by atoms with Gasteiger partial charge in [0.25, 0.3) is 5.91 Å². The molecule has 2 N–H and O–H groups in total. The summed E-state index contributed by atoms with van der Waals surface area (Å²) in [4.78, 5) is 14.1. The fraction of sp³-hybridized carbons (Fsp3) is 0.500. The van der Waals surface area contributed by atoms with E-state index in [1.165, 1.54) is 17.0 Å². The minimum atomic E-state index is -3.92. The number of rotatable bonds is 4. The average molecular weight is 360 g/mol. The van der Waals surface area contributed by atoms with Gasteiger partial charge in [-0.15, -0.1) is 0 Å². The molecule has 0 spiro atoms. The van der Waals surface area contributed by atoms with Gasteiger partial charge in [0.2, 0.25) is 10.0 Å². The lowest BCUT2D eigenvalue weighted by molar-refractivity contribution is 0.0708. The van der Waals surface area contributed by atoms with Gasteiger partial charge in [-0.2, -0.15) is 0 Å². The third-order valence-corrected chi connectivity index (χ3v) is 6.52. The van der Waals surface area contributed by atoms with Crippen molar-refractivity contribution in [3.8, 4) is 0 Å². The van der Waals surface area contributed by atoms with Crippen molar-refractivity contribution in [2.45, 2.75) is 31.2 Å². The molecule has 0 bridgehead atoms. The Labute approximate surface area is 136 Å².